The lowest BCUT2D eigenvalue weighted by Gasteiger charge is -2.33. The minimum Gasteiger partial charge on any atom is -0.311 e. The first-order chi connectivity index (χ1) is 9.19. The Balaban J connectivity index is 2.09. The number of aromatic nitrogens is 2. The van der Waals surface area contributed by atoms with Crippen LogP contribution in [0.1, 0.15) is 63.4 Å². The number of aryl methyl sites for hydroxylation is 2. The first-order valence-corrected chi connectivity index (χ1v) is 7.89. The third kappa shape index (κ3) is 3.19. The molecule has 3 heteroatoms. The molecular formula is C16H29N3. The molecule has 1 aliphatic rings. The molecule has 0 saturated heterocycles. The summed E-state index contributed by atoms with van der Waals surface area (Å²) in [5.41, 5.74) is 2.57. The molecule has 1 unspecified atom stereocenters. The molecule has 1 saturated carbocycles. The van der Waals surface area contributed by atoms with Crippen LogP contribution in [0.2, 0.25) is 0 Å². The summed E-state index contributed by atoms with van der Waals surface area (Å²) >= 11 is 0. The average molecular weight is 263 g/mol. The number of rotatable bonds is 5. The Labute approximate surface area is 117 Å². The van der Waals surface area contributed by atoms with Gasteiger partial charge in [0.1, 0.15) is 0 Å². The highest BCUT2D eigenvalue weighted by Gasteiger charge is 2.29. The molecule has 1 fully saturated rings. The first kappa shape index (κ1) is 14.6. The predicted molar refractivity (Wildman–Crippen MR) is 80.1 cm³/mol. The van der Waals surface area contributed by atoms with E-state index in [0.29, 0.717) is 6.04 Å². The molecular weight excluding hydrogens is 234 g/mol. The minimum atomic E-state index is 0.468. The molecule has 0 bridgehead atoms. The Hall–Kier alpha value is -0.830. The fourth-order valence-corrected chi connectivity index (χ4v) is 3.56. The molecule has 1 aromatic rings. The second-order valence-electron chi connectivity index (χ2n) is 5.99. The van der Waals surface area contributed by atoms with Crippen LogP contribution in [0.5, 0.6) is 0 Å². The van der Waals surface area contributed by atoms with E-state index in [4.69, 9.17) is 0 Å². The molecule has 0 aliphatic heterocycles. The zero-order chi connectivity index (χ0) is 13.8. The highest BCUT2D eigenvalue weighted by Crippen LogP contribution is 2.37. The Morgan fingerprint density at radius 3 is 2.47 bits per heavy atom. The molecule has 1 aliphatic carbocycles. The van der Waals surface area contributed by atoms with Gasteiger partial charge in [0.2, 0.25) is 0 Å². The van der Waals surface area contributed by atoms with Crippen LogP contribution in [0.15, 0.2) is 6.07 Å². The van der Waals surface area contributed by atoms with Gasteiger partial charge < -0.3 is 5.32 Å². The highest BCUT2D eigenvalue weighted by atomic mass is 15.3. The maximum absolute atomic E-state index is 4.60. The topological polar surface area (TPSA) is 29.9 Å². The van der Waals surface area contributed by atoms with Gasteiger partial charge in [-0.1, -0.05) is 33.1 Å². The van der Waals surface area contributed by atoms with Gasteiger partial charge in [-0.25, -0.2) is 0 Å². The number of nitrogens with one attached hydrogen (secondary N) is 1. The largest absolute Gasteiger partial charge is 0.311 e. The van der Waals surface area contributed by atoms with E-state index in [1.165, 1.54) is 43.5 Å². The van der Waals surface area contributed by atoms with Crippen LogP contribution in [0.4, 0.5) is 0 Å². The summed E-state index contributed by atoms with van der Waals surface area (Å²) in [6, 6.07) is 2.75. The molecule has 3 nitrogen and oxygen atoms in total. The quantitative estimate of drug-likeness (QED) is 0.881. The summed E-state index contributed by atoms with van der Waals surface area (Å²) in [4.78, 5) is 0. The maximum Gasteiger partial charge on any atom is 0.0625 e. The van der Waals surface area contributed by atoms with Crippen molar-refractivity contribution >= 4 is 0 Å². The van der Waals surface area contributed by atoms with E-state index in [2.05, 4.69) is 49.1 Å². The highest BCUT2D eigenvalue weighted by molar-refractivity contribution is 5.15. The van der Waals surface area contributed by atoms with E-state index in [1.54, 1.807) is 0 Å². The molecule has 1 aromatic heterocycles. The summed E-state index contributed by atoms with van der Waals surface area (Å²) in [6.07, 6.45) is 7.89. The molecule has 0 aromatic carbocycles. The van der Waals surface area contributed by atoms with Crippen LogP contribution in [0, 0.1) is 11.8 Å². The van der Waals surface area contributed by atoms with Crippen molar-refractivity contribution in [3.8, 4) is 0 Å². The Bertz CT molecular complexity index is 389. The number of hydrogen-bond acceptors (Lipinski definition) is 2. The smallest absolute Gasteiger partial charge is 0.0625 e. The lowest BCUT2D eigenvalue weighted by atomic mass is 9.77. The SMILES string of the molecule is CCc1cc(C(NC)C2CCC(CC)CC2)n(C)n1. The fourth-order valence-electron chi connectivity index (χ4n) is 3.56. The summed E-state index contributed by atoms with van der Waals surface area (Å²) in [5.74, 6) is 1.74. The van der Waals surface area contributed by atoms with E-state index in [1.807, 2.05) is 0 Å². The van der Waals surface area contributed by atoms with Gasteiger partial charge in [0.15, 0.2) is 0 Å². The fraction of sp³-hybridized carbons (Fsp3) is 0.812. The van der Waals surface area contributed by atoms with Crippen LogP contribution < -0.4 is 5.32 Å². The van der Waals surface area contributed by atoms with Crippen molar-refractivity contribution in [3.05, 3.63) is 17.5 Å². The van der Waals surface area contributed by atoms with Gasteiger partial charge in [-0.3, -0.25) is 4.68 Å². The number of hydrogen-bond donors (Lipinski definition) is 1. The molecule has 19 heavy (non-hydrogen) atoms. The average Bonchev–Trinajstić information content (AvgIpc) is 2.82. The molecule has 108 valence electrons. The lowest BCUT2D eigenvalue weighted by molar-refractivity contribution is 0.219. The van der Waals surface area contributed by atoms with Crippen molar-refractivity contribution < 1.29 is 0 Å². The molecule has 0 radical (unpaired) electrons. The Kier molecular flexibility index (Phi) is 5.03. The van der Waals surface area contributed by atoms with Gasteiger partial charge >= 0.3 is 0 Å². The van der Waals surface area contributed by atoms with Crippen LogP contribution in [-0.4, -0.2) is 16.8 Å². The van der Waals surface area contributed by atoms with E-state index >= 15 is 0 Å². The summed E-state index contributed by atoms with van der Waals surface area (Å²) in [5, 5.41) is 8.14. The van der Waals surface area contributed by atoms with E-state index in [9.17, 15) is 0 Å². The zero-order valence-corrected chi connectivity index (χ0v) is 12.9. The van der Waals surface area contributed by atoms with E-state index in [-0.39, 0.29) is 0 Å². The molecule has 1 heterocycles. The normalized spacial score (nSPS) is 25.5. The predicted octanol–water partition coefficient (Wildman–Crippen LogP) is 3.46. The third-order valence-corrected chi connectivity index (χ3v) is 4.90. The standard InChI is InChI=1S/C16H29N3/c1-5-12-7-9-13(10-8-12)16(17-3)15-11-14(6-2)18-19(15)4/h11-13,16-17H,5-10H2,1-4H3. The van der Waals surface area contributed by atoms with Crippen molar-refractivity contribution in [2.75, 3.05) is 7.05 Å². The van der Waals surface area contributed by atoms with Gasteiger partial charge in [-0.2, -0.15) is 5.10 Å². The van der Waals surface area contributed by atoms with Gasteiger partial charge in [0.05, 0.1) is 17.4 Å². The van der Waals surface area contributed by atoms with Crippen molar-refractivity contribution in [1.82, 2.24) is 15.1 Å². The summed E-state index contributed by atoms with van der Waals surface area (Å²) in [7, 11) is 4.17. The maximum atomic E-state index is 4.60. The van der Waals surface area contributed by atoms with Crippen LogP contribution in [0.25, 0.3) is 0 Å². The van der Waals surface area contributed by atoms with E-state index < -0.39 is 0 Å². The Morgan fingerprint density at radius 2 is 2.00 bits per heavy atom. The van der Waals surface area contributed by atoms with Crippen molar-refractivity contribution in [2.24, 2.45) is 18.9 Å². The summed E-state index contributed by atoms with van der Waals surface area (Å²) < 4.78 is 2.08. The van der Waals surface area contributed by atoms with Crippen molar-refractivity contribution in [1.29, 1.82) is 0 Å². The lowest BCUT2D eigenvalue weighted by Crippen LogP contribution is -2.30. The second kappa shape index (κ2) is 6.56. The molecule has 2 rings (SSSR count). The van der Waals surface area contributed by atoms with Gasteiger partial charge in [-0.05, 0) is 44.2 Å². The molecule has 1 N–H and O–H groups in total. The van der Waals surface area contributed by atoms with E-state index in [0.717, 1.165) is 18.3 Å². The zero-order valence-electron chi connectivity index (χ0n) is 12.9. The van der Waals surface area contributed by atoms with Crippen molar-refractivity contribution in [3.63, 3.8) is 0 Å². The third-order valence-electron chi connectivity index (χ3n) is 4.90. The Morgan fingerprint density at radius 1 is 1.32 bits per heavy atom. The minimum absolute atomic E-state index is 0.468. The molecule has 1 atom stereocenters. The molecule has 0 spiro atoms. The first-order valence-electron chi connectivity index (χ1n) is 7.89. The van der Waals surface area contributed by atoms with Gasteiger partial charge in [-0.15, -0.1) is 0 Å². The monoisotopic (exact) mass is 263 g/mol. The summed E-state index contributed by atoms with van der Waals surface area (Å²) in [6.45, 7) is 4.50. The van der Waals surface area contributed by atoms with Gasteiger partial charge in [0.25, 0.3) is 0 Å². The van der Waals surface area contributed by atoms with Crippen LogP contribution in [-0.2, 0) is 13.5 Å². The second-order valence-corrected chi connectivity index (χ2v) is 5.99. The van der Waals surface area contributed by atoms with Crippen molar-refractivity contribution in [2.45, 2.75) is 58.4 Å². The van der Waals surface area contributed by atoms with Crippen LogP contribution >= 0.6 is 0 Å². The van der Waals surface area contributed by atoms with Crippen LogP contribution in [0.3, 0.4) is 0 Å². The van der Waals surface area contributed by atoms with Gasteiger partial charge in [0, 0.05) is 7.05 Å². The number of nitrogens with zero attached hydrogens (tertiary/aromatic N) is 2. The molecule has 0 amide bonds.